The zero-order valence-electron chi connectivity index (χ0n) is 24.0. The molecule has 5 aromatic rings. The van der Waals surface area contributed by atoms with Crippen molar-refractivity contribution in [1.82, 2.24) is 14.4 Å². The molecule has 2 amide bonds. The highest BCUT2D eigenvalue weighted by molar-refractivity contribution is 6.04. The fourth-order valence-electron chi connectivity index (χ4n) is 6.88. The molecule has 7 rings (SSSR count). The highest BCUT2D eigenvalue weighted by atomic mass is 16.2. The van der Waals surface area contributed by atoms with Gasteiger partial charge in [0.15, 0.2) is 0 Å². The summed E-state index contributed by atoms with van der Waals surface area (Å²) in [6, 6.07) is 35.9. The molecule has 2 atom stereocenters. The topological polar surface area (TPSA) is 48.8 Å². The summed E-state index contributed by atoms with van der Waals surface area (Å²) < 4.78 is 2.22. The molecule has 42 heavy (non-hydrogen) atoms. The Morgan fingerprint density at radius 2 is 1.38 bits per heavy atom. The number of anilines is 1. The fraction of sp³-hybridized carbons (Fsp3) is 0.222. The first-order chi connectivity index (χ1) is 20.5. The number of hydrogen-bond donors (Lipinski definition) is 0. The molecular formula is C36H34N4O2. The summed E-state index contributed by atoms with van der Waals surface area (Å²) in [6.45, 7) is 4.68. The summed E-state index contributed by atoms with van der Waals surface area (Å²) in [6.07, 6.45) is 0. The third kappa shape index (κ3) is 4.17. The highest BCUT2D eigenvalue weighted by Crippen LogP contribution is 2.47. The van der Waals surface area contributed by atoms with Crippen molar-refractivity contribution in [3.05, 3.63) is 126 Å². The van der Waals surface area contributed by atoms with Crippen molar-refractivity contribution in [3.63, 3.8) is 0 Å². The second kappa shape index (κ2) is 10.5. The number of carbonyl (C=O) groups excluding carboxylic acids is 2. The molecule has 3 heterocycles. The number of hydrogen-bond acceptors (Lipinski definition) is 3. The first-order valence-electron chi connectivity index (χ1n) is 14.7. The van der Waals surface area contributed by atoms with Gasteiger partial charge in [-0.25, -0.2) is 0 Å². The van der Waals surface area contributed by atoms with Crippen LogP contribution in [0.4, 0.5) is 5.69 Å². The zero-order valence-corrected chi connectivity index (χ0v) is 24.0. The predicted octanol–water partition coefficient (Wildman–Crippen LogP) is 6.13. The minimum Gasteiger partial charge on any atom is -0.368 e. The number of rotatable bonds is 5. The molecule has 210 valence electrons. The van der Waals surface area contributed by atoms with Gasteiger partial charge in [0, 0.05) is 60.9 Å². The quantitative estimate of drug-likeness (QED) is 0.263. The van der Waals surface area contributed by atoms with Gasteiger partial charge in [0.25, 0.3) is 5.91 Å². The summed E-state index contributed by atoms with van der Waals surface area (Å²) >= 11 is 0. The summed E-state index contributed by atoms with van der Waals surface area (Å²) in [5.74, 6) is -0.0957. The molecule has 0 saturated carbocycles. The molecule has 1 saturated heterocycles. The third-order valence-corrected chi connectivity index (χ3v) is 8.95. The molecular weight excluding hydrogens is 520 g/mol. The Bertz CT molecular complexity index is 1770. The normalized spacial score (nSPS) is 17.5. The molecule has 0 unspecified atom stereocenters. The van der Waals surface area contributed by atoms with Crippen LogP contribution in [0.5, 0.6) is 0 Å². The number of para-hydroxylation sites is 2. The summed E-state index contributed by atoms with van der Waals surface area (Å²) in [7, 11) is 2.09. The van der Waals surface area contributed by atoms with E-state index in [1.165, 1.54) is 5.69 Å². The van der Waals surface area contributed by atoms with E-state index in [1.807, 2.05) is 83.5 Å². The maximum atomic E-state index is 14.2. The second-order valence-corrected chi connectivity index (χ2v) is 11.2. The van der Waals surface area contributed by atoms with Crippen LogP contribution in [0, 0.1) is 0 Å². The van der Waals surface area contributed by atoms with E-state index in [1.54, 1.807) is 0 Å². The zero-order chi connectivity index (χ0) is 28.8. The van der Waals surface area contributed by atoms with E-state index in [0.717, 1.165) is 46.4 Å². The van der Waals surface area contributed by atoms with Crippen molar-refractivity contribution in [2.75, 3.05) is 31.1 Å². The van der Waals surface area contributed by atoms with Gasteiger partial charge in [-0.3, -0.25) is 9.59 Å². The Labute approximate surface area is 246 Å². The standard InChI is InChI=1S/C36H34N4O2/c1-25(35(41)39-23-21-38(22-24-39)27-15-7-4-8-16-27)40-34(28-17-9-10-18-29(28)36(40)42)32-30-19-11-12-20-31(30)37(2)33(32)26-13-5-3-6-14-26/h3-20,25,34H,21-24H2,1-2H3/t25-,34-/m0/s1. The minimum absolute atomic E-state index is 0.00429. The molecule has 0 N–H and O–H groups in total. The van der Waals surface area contributed by atoms with Gasteiger partial charge in [0.1, 0.15) is 6.04 Å². The Hall–Kier alpha value is -4.84. The Balaban J connectivity index is 1.29. The van der Waals surface area contributed by atoms with Gasteiger partial charge >= 0.3 is 0 Å². The number of aryl methyl sites for hydroxylation is 1. The average Bonchev–Trinajstić information content (AvgIpc) is 3.51. The lowest BCUT2D eigenvalue weighted by atomic mass is 9.92. The van der Waals surface area contributed by atoms with Crippen LogP contribution in [0.15, 0.2) is 109 Å². The molecule has 4 aromatic carbocycles. The molecule has 2 aliphatic heterocycles. The van der Waals surface area contributed by atoms with Crippen LogP contribution in [0.2, 0.25) is 0 Å². The average molecular weight is 555 g/mol. The molecule has 6 heteroatoms. The predicted molar refractivity (Wildman–Crippen MR) is 168 cm³/mol. The van der Waals surface area contributed by atoms with Gasteiger partial charge in [-0.15, -0.1) is 0 Å². The lowest BCUT2D eigenvalue weighted by molar-refractivity contribution is -0.136. The number of amides is 2. The van der Waals surface area contributed by atoms with Crippen LogP contribution in [-0.4, -0.2) is 58.4 Å². The highest BCUT2D eigenvalue weighted by Gasteiger charge is 2.45. The maximum absolute atomic E-state index is 14.2. The molecule has 0 aliphatic carbocycles. The van der Waals surface area contributed by atoms with Gasteiger partial charge in [0.2, 0.25) is 5.91 Å². The molecule has 1 fully saturated rings. The lowest BCUT2D eigenvalue weighted by Gasteiger charge is -2.39. The van der Waals surface area contributed by atoms with Gasteiger partial charge in [-0.1, -0.05) is 84.9 Å². The van der Waals surface area contributed by atoms with Gasteiger partial charge in [-0.2, -0.15) is 0 Å². The number of benzene rings is 4. The van der Waals surface area contributed by atoms with E-state index in [9.17, 15) is 9.59 Å². The minimum atomic E-state index is -0.624. The summed E-state index contributed by atoms with van der Waals surface area (Å²) in [5, 5.41) is 1.09. The van der Waals surface area contributed by atoms with Gasteiger partial charge < -0.3 is 19.3 Å². The van der Waals surface area contributed by atoms with Gasteiger partial charge in [-0.05, 0) is 42.3 Å². The number of fused-ring (bicyclic) bond motifs is 2. The summed E-state index contributed by atoms with van der Waals surface area (Å²) in [5.41, 5.74) is 7.09. The van der Waals surface area contributed by atoms with Crippen LogP contribution in [0.25, 0.3) is 22.2 Å². The van der Waals surface area contributed by atoms with Crippen LogP contribution in [0.1, 0.15) is 34.5 Å². The molecule has 6 nitrogen and oxygen atoms in total. The smallest absolute Gasteiger partial charge is 0.255 e. The first-order valence-corrected chi connectivity index (χ1v) is 14.7. The third-order valence-electron chi connectivity index (χ3n) is 8.95. The number of piperazine rings is 1. The molecule has 0 spiro atoms. The van der Waals surface area contributed by atoms with Crippen LogP contribution in [0.3, 0.4) is 0 Å². The molecule has 1 aromatic heterocycles. The largest absolute Gasteiger partial charge is 0.368 e. The first kappa shape index (κ1) is 26.1. The molecule has 0 bridgehead atoms. The lowest BCUT2D eigenvalue weighted by Crippen LogP contribution is -2.55. The molecule has 2 aliphatic rings. The van der Waals surface area contributed by atoms with Gasteiger partial charge in [0.05, 0.1) is 11.7 Å². The maximum Gasteiger partial charge on any atom is 0.255 e. The number of nitrogens with zero attached hydrogens (tertiary/aromatic N) is 4. The van der Waals surface area contributed by atoms with Crippen molar-refractivity contribution in [2.45, 2.75) is 19.0 Å². The van der Waals surface area contributed by atoms with E-state index >= 15 is 0 Å². The molecule has 0 radical (unpaired) electrons. The second-order valence-electron chi connectivity index (χ2n) is 11.2. The fourth-order valence-corrected chi connectivity index (χ4v) is 6.88. The van der Waals surface area contributed by atoms with Crippen molar-refractivity contribution in [2.24, 2.45) is 7.05 Å². The van der Waals surface area contributed by atoms with Crippen molar-refractivity contribution < 1.29 is 9.59 Å². The van der Waals surface area contributed by atoms with Crippen molar-refractivity contribution in [3.8, 4) is 11.3 Å². The van der Waals surface area contributed by atoms with Crippen LogP contribution < -0.4 is 4.90 Å². The van der Waals surface area contributed by atoms with E-state index in [2.05, 4.69) is 59.0 Å². The Kier molecular flexibility index (Phi) is 6.54. The van der Waals surface area contributed by atoms with E-state index < -0.39 is 6.04 Å². The van der Waals surface area contributed by atoms with Crippen LogP contribution >= 0.6 is 0 Å². The Morgan fingerprint density at radius 1 is 0.762 bits per heavy atom. The number of aromatic nitrogens is 1. The van der Waals surface area contributed by atoms with E-state index in [0.29, 0.717) is 18.7 Å². The SMILES string of the molecule is C[C@@H](C(=O)N1CCN(c2ccccc2)CC1)N1C(=O)c2ccccc2[C@H]1c1c(-c2ccccc2)n(C)c2ccccc12. The van der Waals surface area contributed by atoms with Crippen molar-refractivity contribution >= 4 is 28.4 Å². The Morgan fingerprint density at radius 3 is 2.12 bits per heavy atom. The monoisotopic (exact) mass is 554 g/mol. The van der Waals surface area contributed by atoms with Crippen LogP contribution in [-0.2, 0) is 11.8 Å². The summed E-state index contributed by atoms with van der Waals surface area (Å²) in [4.78, 5) is 34.4. The van der Waals surface area contributed by atoms with E-state index in [-0.39, 0.29) is 17.9 Å². The number of carbonyl (C=O) groups is 2. The van der Waals surface area contributed by atoms with E-state index in [4.69, 9.17) is 0 Å². The van der Waals surface area contributed by atoms with Crippen molar-refractivity contribution in [1.29, 1.82) is 0 Å².